The number of hydrogen-bond acceptors (Lipinski definition) is 5. The number of carbonyl (C=O) groups is 3. The number of carbonyl (C=O) groups excluding carboxylic acids is 3. The van der Waals surface area contributed by atoms with Crippen LogP contribution in [0.15, 0.2) is 42.5 Å². The molecule has 0 aromatic heterocycles. The van der Waals surface area contributed by atoms with Gasteiger partial charge in [-0.3, -0.25) is 9.59 Å². The Hall–Kier alpha value is -3.55. The Kier molecular flexibility index (Phi) is 13.4. The predicted octanol–water partition coefficient (Wildman–Crippen LogP) is 7.34. The van der Waals surface area contributed by atoms with Crippen molar-refractivity contribution in [3.63, 3.8) is 0 Å². The number of methoxy groups -OCH3 is 1. The van der Waals surface area contributed by atoms with Gasteiger partial charge < -0.3 is 25.0 Å². The number of amides is 3. The summed E-state index contributed by atoms with van der Waals surface area (Å²) in [6.07, 6.45) is 3.73. The lowest BCUT2D eigenvalue weighted by atomic mass is 9.94. The molecule has 2 N–H and O–H groups in total. The van der Waals surface area contributed by atoms with Gasteiger partial charge in [0, 0.05) is 12.2 Å². The van der Waals surface area contributed by atoms with Crippen LogP contribution in [0.5, 0.6) is 5.75 Å². The molecule has 8 nitrogen and oxygen atoms in total. The summed E-state index contributed by atoms with van der Waals surface area (Å²) in [6.45, 7) is 15.7. The minimum Gasteiger partial charge on any atom is -0.497 e. The Labute approximate surface area is 252 Å². The molecule has 2 aromatic rings. The molecule has 3 unspecified atom stereocenters. The van der Waals surface area contributed by atoms with Gasteiger partial charge in [-0.25, -0.2) is 4.79 Å². The van der Waals surface area contributed by atoms with E-state index in [0.29, 0.717) is 24.4 Å². The van der Waals surface area contributed by atoms with Crippen molar-refractivity contribution in [2.24, 2.45) is 5.92 Å². The molecular formula is C34H51N3O5. The molecule has 3 amide bonds. The van der Waals surface area contributed by atoms with Crippen molar-refractivity contribution in [2.45, 2.75) is 105 Å². The van der Waals surface area contributed by atoms with E-state index in [1.807, 2.05) is 45.9 Å². The fourth-order valence-electron chi connectivity index (χ4n) is 4.90. The highest BCUT2D eigenvalue weighted by Gasteiger charge is 2.38. The van der Waals surface area contributed by atoms with Crippen LogP contribution >= 0.6 is 0 Å². The first-order valence-electron chi connectivity index (χ1n) is 15.1. The lowest BCUT2D eigenvalue weighted by molar-refractivity contribution is -0.142. The summed E-state index contributed by atoms with van der Waals surface area (Å²) in [5.41, 5.74) is 2.60. The van der Waals surface area contributed by atoms with Gasteiger partial charge >= 0.3 is 6.09 Å². The molecule has 0 saturated carbocycles. The molecule has 2 aromatic carbocycles. The van der Waals surface area contributed by atoms with Crippen molar-refractivity contribution in [1.29, 1.82) is 0 Å². The summed E-state index contributed by atoms with van der Waals surface area (Å²) < 4.78 is 10.8. The Morgan fingerprint density at radius 3 is 2.07 bits per heavy atom. The highest BCUT2D eigenvalue weighted by Crippen LogP contribution is 2.29. The Bertz CT molecular complexity index is 1150. The molecule has 3 atom stereocenters. The van der Waals surface area contributed by atoms with Crippen LogP contribution in [-0.2, 0) is 14.3 Å². The lowest BCUT2D eigenvalue weighted by Crippen LogP contribution is -2.55. The van der Waals surface area contributed by atoms with Gasteiger partial charge in [-0.05, 0) is 76.8 Å². The first-order chi connectivity index (χ1) is 19.8. The molecule has 0 radical (unpaired) electrons. The average Bonchev–Trinajstić information content (AvgIpc) is 2.91. The zero-order valence-corrected chi connectivity index (χ0v) is 27.0. The molecule has 2 rings (SSSR count). The third-order valence-electron chi connectivity index (χ3n) is 7.16. The molecule has 0 aliphatic rings. The average molecular weight is 582 g/mol. The molecule has 0 spiro atoms. The number of anilines is 1. The second-order valence-corrected chi connectivity index (χ2v) is 12.1. The van der Waals surface area contributed by atoms with Crippen molar-refractivity contribution >= 4 is 23.6 Å². The molecule has 8 heteroatoms. The molecule has 0 saturated heterocycles. The summed E-state index contributed by atoms with van der Waals surface area (Å²) in [4.78, 5) is 43.2. The monoisotopic (exact) mass is 581 g/mol. The number of alkyl carbamates (subject to hydrolysis) is 1. The summed E-state index contributed by atoms with van der Waals surface area (Å²) in [5.74, 6) is -0.140. The van der Waals surface area contributed by atoms with Gasteiger partial charge in [-0.15, -0.1) is 0 Å². The van der Waals surface area contributed by atoms with Crippen molar-refractivity contribution in [3.8, 4) is 5.75 Å². The fraction of sp³-hybridized carbons (Fsp3) is 0.559. The molecule has 232 valence electrons. The quantitative estimate of drug-likeness (QED) is 0.228. The number of unbranched alkanes of at least 4 members (excludes halogenated alkanes) is 3. The van der Waals surface area contributed by atoms with E-state index in [9.17, 15) is 14.4 Å². The van der Waals surface area contributed by atoms with E-state index in [0.717, 1.165) is 42.4 Å². The topological polar surface area (TPSA) is 97.0 Å². The van der Waals surface area contributed by atoms with Gasteiger partial charge in [0.15, 0.2) is 0 Å². The highest BCUT2D eigenvalue weighted by atomic mass is 16.6. The molecule has 0 fully saturated rings. The predicted molar refractivity (Wildman–Crippen MR) is 169 cm³/mol. The van der Waals surface area contributed by atoms with E-state index in [4.69, 9.17) is 9.47 Å². The first kappa shape index (κ1) is 34.7. The Morgan fingerprint density at radius 1 is 0.929 bits per heavy atom. The van der Waals surface area contributed by atoms with E-state index < -0.39 is 23.8 Å². The standard InChI is InChI=1S/C34H51N3O5/c1-10-12-13-14-19-37(32(39)29(25(5)11-2)36-33(40)42-34(6,7)8)30(26-21-23(3)20-24(4)22-26)31(38)35-27-15-17-28(41-9)18-16-27/h15-18,20-22,25,29-30H,10-14,19H2,1-9H3,(H,35,38)(H,36,40). The summed E-state index contributed by atoms with van der Waals surface area (Å²) in [7, 11) is 1.59. The second kappa shape index (κ2) is 16.2. The van der Waals surface area contributed by atoms with Crippen molar-refractivity contribution < 1.29 is 23.9 Å². The third kappa shape index (κ3) is 10.7. The van der Waals surface area contributed by atoms with Crippen molar-refractivity contribution in [2.75, 3.05) is 19.0 Å². The lowest BCUT2D eigenvalue weighted by Gasteiger charge is -2.36. The van der Waals surface area contributed by atoms with Crippen LogP contribution in [0, 0.1) is 19.8 Å². The second-order valence-electron chi connectivity index (χ2n) is 12.1. The molecule has 0 bridgehead atoms. The van der Waals surface area contributed by atoms with Crippen LogP contribution in [0.3, 0.4) is 0 Å². The summed E-state index contributed by atoms with van der Waals surface area (Å²) >= 11 is 0. The van der Waals surface area contributed by atoms with Crippen LogP contribution in [0.2, 0.25) is 0 Å². The van der Waals surface area contributed by atoms with Crippen LogP contribution < -0.4 is 15.4 Å². The number of hydrogen-bond donors (Lipinski definition) is 2. The molecular weight excluding hydrogens is 530 g/mol. The first-order valence-corrected chi connectivity index (χ1v) is 15.1. The number of benzene rings is 2. The number of nitrogens with zero attached hydrogens (tertiary/aromatic N) is 1. The number of rotatable bonds is 14. The summed E-state index contributed by atoms with van der Waals surface area (Å²) in [5, 5.41) is 5.86. The SMILES string of the molecule is CCCCCCN(C(=O)C(NC(=O)OC(C)(C)C)C(C)CC)C(C(=O)Nc1ccc(OC)cc1)c1cc(C)cc(C)c1. The van der Waals surface area contributed by atoms with Gasteiger partial charge in [0.2, 0.25) is 5.91 Å². The molecule has 0 heterocycles. The Balaban J connectivity index is 2.59. The van der Waals surface area contributed by atoms with E-state index >= 15 is 0 Å². The van der Waals surface area contributed by atoms with Crippen LogP contribution in [0.1, 0.15) is 96.4 Å². The minimum atomic E-state index is -0.910. The molecule has 0 aliphatic heterocycles. The zero-order valence-electron chi connectivity index (χ0n) is 27.0. The normalized spacial score (nSPS) is 13.5. The number of nitrogens with one attached hydrogen (secondary N) is 2. The smallest absolute Gasteiger partial charge is 0.408 e. The maximum atomic E-state index is 14.5. The van der Waals surface area contributed by atoms with E-state index in [2.05, 4.69) is 17.6 Å². The van der Waals surface area contributed by atoms with Crippen molar-refractivity contribution in [3.05, 3.63) is 59.2 Å². The van der Waals surface area contributed by atoms with Gasteiger partial charge in [-0.2, -0.15) is 0 Å². The zero-order chi connectivity index (χ0) is 31.4. The fourth-order valence-corrected chi connectivity index (χ4v) is 4.90. The highest BCUT2D eigenvalue weighted by molar-refractivity contribution is 5.99. The van der Waals surface area contributed by atoms with E-state index in [1.165, 1.54) is 0 Å². The van der Waals surface area contributed by atoms with Gasteiger partial charge in [0.05, 0.1) is 7.11 Å². The van der Waals surface area contributed by atoms with Crippen molar-refractivity contribution in [1.82, 2.24) is 10.2 Å². The Morgan fingerprint density at radius 2 is 1.55 bits per heavy atom. The van der Waals surface area contributed by atoms with E-state index in [1.54, 1.807) is 57.0 Å². The number of ether oxygens (including phenoxy) is 2. The van der Waals surface area contributed by atoms with E-state index in [-0.39, 0.29) is 17.7 Å². The van der Waals surface area contributed by atoms with Gasteiger partial charge in [0.25, 0.3) is 5.91 Å². The maximum Gasteiger partial charge on any atom is 0.408 e. The molecule has 0 aliphatic carbocycles. The molecule has 42 heavy (non-hydrogen) atoms. The van der Waals surface area contributed by atoms with Crippen LogP contribution in [-0.4, -0.2) is 48.1 Å². The van der Waals surface area contributed by atoms with Gasteiger partial charge in [-0.1, -0.05) is 75.8 Å². The van der Waals surface area contributed by atoms with Crippen LogP contribution in [0.25, 0.3) is 0 Å². The summed E-state index contributed by atoms with van der Waals surface area (Å²) in [6, 6.07) is 11.3. The largest absolute Gasteiger partial charge is 0.497 e. The van der Waals surface area contributed by atoms with Crippen LogP contribution in [0.4, 0.5) is 10.5 Å². The number of aryl methyl sites for hydroxylation is 2. The van der Waals surface area contributed by atoms with Gasteiger partial charge in [0.1, 0.15) is 23.4 Å². The third-order valence-corrected chi connectivity index (χ3v) is 7.16. The maximum absolute atomic E-state index is 14.5. The minimum absolute atomic E-state index is 0.187.